The summed E-state index contributed by atoms with van der Waals surface area (Å²) in [5, 5.41) is 10.9. The number of rotatable bonds is 4. The molecular weight excluding hydrogens is 252 g/mol. The van der Waals surface area contributed by atoms with E-state index in [0.29, 0.717) is 11.1 Å². The Balaban J connectivity index is 2.03. The average Bonchev–Trinajstić information content (AvgIpc) is 2.73. The first-order valence-electron chi connectivity index (χ1n) is 5.35. The summed E-state index contributed by atoms with van der Waals surface area (Å²) >= 11 is 0. The van der Waals surface area contributed by atoms with Crippen LogP contribution < -0.4 is 11.1 Å². The van der Waals surface area contributed by atoms with Crippen molar-refractivity contribution in [3.63, 3.8) is 0 Å². The summed E-state index contributed by atoms with van der Waals surface area (Å²) in [6, 6.07) is 4.98. The number of hydrogen-bond acceptors (Lipinski definition) is 4. The zero-order valence-corrected chi connectivity index (χ0v) is 9.67. The lowest BCUT2D eigenvalue weighted by Gasteiger charge is -2.01. The Bertz CT molecular complexity index is 710. The van der Waals surface area contributed by atoms with Gasteiger partial charge in [0.15, 0.2) is 5.58 Å². The molecule has 19 heavy (non-hydrogen) atoms. The smallest absolute Gasteiger partial charge is 0.417 e. The summed E-state index contributed by atoms with van der Waals surface area (Å²) in [6.07, 6.45) is 1.69. The highest BCUT2D eigenvalue weighted by molar-refractivity contribution is 5.93. The summed E-state index contributed by atoms with van der Waals surface area (Å²) in [5.41, 5.74) is 1.73. The van der Waals surface area contributed by atoms with E-state index < -0.39 is 17.6 Å². The van der Waals surface area contributed by atoms with E-state index in [9.17, 15) is 14.4 Å². The molecule has 3 N–H and O–H groups in total. The highest BCUT2D eigenvalue weighted by Gasteiger charge is 2.03. The maximum atomic E-state index is 11.3. The number of carbonyl (C=O) groups excluding carboxylic acids is 1. The van der Waals surface area contributed by atoms with Gasteiger partial charge in [0.25, 0.3) is 0 Å². The molecule has 0 radical (unpaired) electrons. The fourth-order valence-electron chi connectivity index (χ4n) is 1.50. The minimum Gasteiger partial charge on any atom is -0.478 e. The summed E-state index contributed by atoms with van der Waals surface area (Å²) in [5.74, 6) is -2.24. The van der Waals surface area contributed by atoms with Crippen molar-refractivity contribution in [1.82, 2.24) is 10.3 Å². The molecule has 98 valence electrons. The predicted octanol–water partition coefficient (Wildman–Crippen LogP) is 0.378. The number of benzene rings is 1. The SMILES string of the molecule is O=C(O)/C=C/C(=O)NCc1ccc2oc(=O)[nH]c2c1. The van der Waals surface area contributed by atoms with Crippen LogP contribution in [0.3, 0.4) is 0 Å². The van der Waals surface area contributed by atoms with Gasteiger partial charge in [-0.2, -0.15) is 0 Å². The van der Waals surface area contributed by atoms with Crippen LogP contribution in [0.25, 0.3) is 11.1 Å². The molecule has 0 aliphatic heterocycles. The molecule has 0 spiro atoms. The zero-order chi connectivity index (χ0) is 13.8. The molecule has 0 fully saturated rings. The van der Waals surface area contributed by atoms with Crippen molar-refractivity contribution in [2.45, 2.75) is 6.54 Å². The van der Waals surface area contributed by atoms with Gasteiger partial charge in [-0.15, -0.1) is 0 Å². The molecule has 7 nitrogen and oxygen atoms in total. The van der Waals surface area contributed by atoms with Crippen LogP contribution >= 0.6 is 0 Å². The van der Waals surface area contributed by atoms with Crippen molar-refractivity contribution in [2.24, 2.45) is 0 Å². The molecule has 0 unspecified atom stereocenters. The number of oxazole rings is 1. The normalized spacial score (nSPS) is 10.9. The van der Waals surface area contributed by atoms with Crippen molar-refractivity contribution in [3.05, 3.63) is 46.5 Å². The minimum atomic E-state index is -1.19. The van der Waals surface area contributed by atoms with Crippen LogP contribution in [0.4, 0.5) is 0 Å². The molecule has 0 saturated heterocycles. The molecule has 1 aromatic carbocycles. The number of fused-ring (bicyclic) bond motifs is 1. The first-order chi connectivity index (χ1) is 9.04. The first kappa shape index (κ1) is 12.6. The highest BCUT2D eigenvalue weighted by Crippen LogP contribution is 2.11. The molecule has 0 aliphatic rings. The van der Waals surface area contributed by atoms with E-state index in [-0.39, 0.29) is 6.54 Å². The van der Waals surface area contributed by atoms with Gasteiger partial charge in [0.2, 0.25) is 5.91 Å². The van der Waals surface area contributed by atoms with Gasteiger partial charge in [-0.25, -0.2) is 9.59 Å². The molecule has 2 rings (SSSR count). The molecule has 0 aliphatic carbocycles. The van der Waals surface area contributed by atoms with Gasteiger partial charge in [-0.3, -0.25) is 9.78 Å². The van der Waals surface area contributed by atoms with Crippen molar-refractivity contribution in [1.29, 1.82) is 0 Å². The second kappa shape index (κ2) is 5.21. The van der Waals surface area contributed by atoms with E-state index in [1.165, 1.54) is 0 Å². The van der Waals surface area contributed by atoms with Gasteiger partial charge in [0.05, 0.1) is 5.52 Å². The van der Waals surface area contributed by atoms with Gasteiger partial charge in [-0.05, 0) is 17.7 Å². The van der Waals surface area contributed by atoms with Crippen molar-refractivity contribution in [3.8, 4) is 0 Å². The summed E-state index contributed by atoms with van der Waals surface area (Å²) in [4.78, 5) is 34.9. The molecule has 0 saturated carbocycles. The zero-order valence-electron chi connectivity index (χ0n) is 9.67. The Morgan fingerprint density at radius 2 is 2.16 bits per heavy atom. The predicted molar refractivity (Wildman–Crippen MR) is 65.5 cm³/mol. The monoisotopic (exact) mass is 262 g/mol. The molecule has 0 atom stereocenters. The van der Waals surface area contributed by atoms with Crippen molar-refractivity contribution < 1.29 is 19.1 Å². The molecule has 1 amide bonds. The van der Waals surface area contributed by atoms with Gasteiger partial charge in [-0.1, -0.05) is 6.07 Å². The average molecular weight is 262 g/mol. The van der Waals surface area contributed by atoms with Gasteiger partial charge in [0, 0.05) is 18.7 Å². The van der Waals surface area contributed by atoms with Gasteiger partial charge >= 0.3 is 11.7 Å². The van der Waals surface area contributed by atoms with E-state index >= 15 is 0 Å². The molecule has 2 aromatic rings. The maximum Gasteiger partial charge on any atom is 0.417 e. The Kier molecular flexibility index (Phi) is 3.46. The van der Waals surface area contributed by atoms with E-state index in [1.807, 2.05) is 0 Å². The first-order valence-corrected chi connectivity index (χ1v) is 5.35. The highest BCUT2D eigenvalue weighted by atomic mass is 16.4. The van der Waals surface area contributed by atoms with Crippen LogP contribution in [-0.4, -0.2) is 22.0 Å². The number of carboxylic acid groups (broad SMARTS) is 1. The second-order valence-electron chi connectivity index (χ2n) is 3.73. The molecule has 7 heteroatoms. The third-order valence-corrected chi connectivity index (χ3v) is 2.33. The van der Waals surface area contributed by atoms with E-state index in [0.717, 1.165) is 17.7 Å². The van der Waals surface area contributed by atoms with Crippen LogP contribution in [0.5, 0.6) is 0 Å². The number of aliphatic carboxylic acids is 1. The standard InChI is InChI=1S/C12H10N2O5/c15-10(3-4-11(16)17)13-6-7-1-2-9-8(5-7)14-12(18)19-9/h1-5H,6H2,(H,13,15)(H,14,18)(H,16,17)/b4-3+. The fraction of sp³-hybridized carbons (Fsp3) is 0.0833. The lowest BCUT2D eigenvalue weighted by molar-refractivity contribution is -0.131. The third-order valence-electron chi connectivity index (χ3n) is 2.33. The molecule has 0 bridgehead atoms. The van der Waals surface area contributed by atoms with Crippen LogP contribution in [0, 0.1) is 0 Å². The van der Waals surface area contributed by atoms with Gasteiger partial charge in [0.1, 0.15) is 0 Å². The summed E-state index contributed by atoms with van der Waals surface area (Å²) in [6.45, 7) is 0.214. The van der Waals surface area contributed by atoms with Crippen LogP contribution in [0.1, 0.15) is 5.56 Å². The Labute approximate surface area is 106 Å². The maximum absolute atomic E-state index is 11.3. The Hall–Kier alpha value is -2.83. The fourth-order valence-corrected chi connectivity index (χ4v) is 1.50. The number of nitrogens with one attached hydrogen (secondary N) is 2. The second-order valence-corrected chi connectivity index (χ2v) is 3.73. The number of carboxylic acids is 1. The molecular formula is C12H10N2O5. The molecule has 1 aromatic heterocycles. The van der Waals surface area contributed by atoms with Crippen LogP contribution in [0.2, 0.25) is 0 Å². The summed E-state index contributed by atoms with van der Waals surface area (Å²) < 4.78 is 4.84. The number of aromatic amines is 1. The number of amides is 1. The topological polar surface area (TPSA) is 112 Å². The summed E-state index contributed by atoms with van der Waals surface area (Å²) in [7, 11) is 0. The van der Waals surface area contributed by atoms with Crippen LogP contribution in [0.15, 0.2) is 39.6 Å². The van der Waals surface area contributed by atoms with Gasteiger partial charge < -0.3 is 14.8 Å². The lowest BCUT2D eigenvalue weighted by atomic mass is 10.2. The Morgan fingerprint density at radius 3 is 2.89 bits per heavy atom. The van der Waals surface area contributed by atoms with E-state index in [4.69, 9.17) is 9.52 Å². The van der Waals surface area contributed by atoms with Crippen molar-refractivity contribution >= 4 is 23.0 Å². The van der Waals surface area contributed by atoms with Crippen LogP contribution in [-0.2, 0) is 16.1 Å². The molecule has 1 heterocycles. The van der Waals surface area contributed by atoms with E-state index in [1.54, 1.807) is 18.2 Å². The number of carbonyl (C=O) groups is 2. The third kappa shape index (κ3) is 3.32. The van der Waals surface area contributed by atoms with Crippen molar-refractivity contribution in [2.75, 3.05) is 0 Å². The minimum absolute atomic E-state index is 0.214. The number of aromatic nitrogens is 1. The van der Waals surface area contributed by atoms with E-state index in [2.05, 4.69) is 10.3 Å². The largest absolute Gasteiger partial charge is 0.478 e. The quantitative estimate of drug-likeness (QED) is 0.689. The number of hydrogen-bond donors (Lipinski definition) is 3. The number of H-pyrrole nitrogens is 1. The Morgan fingerprint density at radius 1 is 1.37 bits per heavy atom. The lowest BCUT2D eigenvalue weighted by Crippen LogP contribution is -2.20.